The lowest BCUT2D eigenvalue weighted by atomic mass is 9.82. The van der Waals surface area contributed by atoms with E-state index >= 15 is 0 Å². The summed E-state index contributed by atoms with van der Waals surface area (Å²) in [6, 6.07) is 2.45. The molecule has 1 heterocycles. The summed E-state index contributed by atoms with van der Waals surface area (Å²) in [5.74, 6) is -1.72. The van der Waals surface area contributed by atoms with Crippen LogP contribution in [0.5, 0.6) is 0 Å². The Morgan fingerprint density at radius 2 is 2.10 bits per heavy atom. The Morgan fingerprint density at radius 3 is 2.67 bits per heavy atom. The number of halogens is 4. The van der Waals surface area contributed by atoms with Crippen LogP contribution < -0.4 is 10.6 Å². The van der Waals surface area contributed by atoms with Crippen LogP contribution in [0.3, 0.4) is 0 Å². The Morgan fingerprint density at radius 1 is 1.38 bits per heavy atom. The molecule has 1 amide bonds. The molecule has 1 aromatic rings. The van der Waals surface area contributed by atoms with E-state index in [1.165, 1.54) is 0 Å². The molecule has 0 aliphatic carbocycles. The van der Waals surface area contributed by atoms with Crippen LogP contribution in [-0.4, -0.2) is 19.0 Å². The van der Waals surface area contributed by atoms with E-state index in [0.29, 0.717) is 25.1 Å². The van der Waals surface area contributed by atoms with Crippen molar-refractivity contribution >= 4 is 11.6 Å². The molecule has 0 radical (unpaired) electrons. The molecule has 7 heteroatoms. The van der Waals surface area contributed by atoms with Gasteiger partial charge in [-0.05, 0) is 44.5 Å². The zero-order chi connectivity index (χ0) is 15.7. The first kappa shape index (κ1) is 15.8. The molecule has 1 atom stereocenters. The van der Waals surface area contributed by atoms with Gasteiger partial charge in [0.2, 0.25) is 5.91 Å². The van der Waals surface area contributed by atoms with Crippen molar-refractivity contribution in [3.8, 4) is 0 Å². The molecule has 1 fully saturated rings. The van der Waals surface area contributed by atoms with Crippen LogP contribution in [0.4, 0.5) is 23.2 Å². The highest BCUT2D eigenvalue weighted by atomic mass is 19.4. The summed E-state index contributed by atoms with van der Waals surface area (Å²) in [6.45, 7) is 3.03. The second kappa shape index (κ2) is 5.63. The smallest absolute Gasteiger partial charge is 0.326 e. The molecule has 0 aromatic heterocycles. The third-order valence-corrected chi connectivity index (χ3v) is 3.68. The van der Waals surface area contributed by atoms with Gasteiger partial charge in [-0.1, -0.05) is 0 Å². The van der Waals surface area contributed by atoms with Gasteiger partial charge in [-0.2, -0.15) is 13.2 Å². The number of piperidine rings is 1. The zero-order valence-corrected chi connectivity index (χ0v) is 11.5. The zero-order valence-electron chi connectivity index (χ0n) is 11.5. The minimum absolute atomic E-state index is 0.0551. The fourth-order valence-electron chi connectivity index (χ4n) is 2.35. The standard InChI is InChI=1S/C14H16F4N2O/c1-13(5-2-6-19-8-13)12(21)20-9-3-4-11(15)10(7-9)14(16,17)18/h3-4,7,19H,2,5-6,8H2,1H3,(H,20,21). The minimum atomic E-state index is -4.79. The van der Waals surface area contributed by atoms with Crippen LogP contribution in [0.15, 0.2) is 18.2 Å². The van der Waals surface area contributed by atoms with Gasteiger partial charge in [-0.25, -0.2) is 4.39 Å². The van der Waals surface area contributed by atoms with Crippen molar-refractivity contribution in [2.45, 2.75) is 25.9 Å². The summed E-state index contributed by atoms with van der Waals surface area (Å²) >= 11 is 0. The Labute approximate surface area is 119 Å². The van der Waals surface area contributed by atoms with Crippen molar-refractivity contribution in [1.29, 1.82) is 0 Å². The fraction of sp³-hybridized carbons (Fsp3) is 0.500. The molecule has 0 saturated carbocycles. The van der Waals surface area contributed by atoms with E-state index in [1.807, 2.05) is 0 Å². The van der Waals surface area contributed by atoms with E-state index in [4.69, 9.17) is 0 Å². The number of hydrogen-bond acceptors (Lipinski definition) is 2. The van der Waals surface area contributed by atoms with E-state index in [-0.39, 0.29) is 11.6 Å². The Balaban J connectivity index is 2.18. The molecule has 116 valence electrons. The van der Waals surface area contributed by atoms with Crippen molar-refractivity contribution in [2.75, 3.05) is 18.4 Å². The van der Waals surface area contributed by atoms with E-state index in [1.54, 1.807) is 6.92 Å². The third kappa shape index (κ3) is 3.53. The Bertz CT molecular complexity index is 536. The molecule has 1 saturated heterocycles. The second-order valence-electron chi connectivity index (χ2n) is 5.49. The molecular formula is C14H16F4N2O. The predicted octanol–water partition coefficient (Wildman–Crippen LogP) is 3.17. The largest absolute Gasteiger partial charge is 0.419 e. The molecule has 1 aliphatic heterocycles. The van der Waals surface area contributed by atoms with E-state index in [2.05, 4.69) is 10.6 Å². The highest BCUT2D eigenvalue weighted by Crippen LogP contribution is 2.34. The second-order valence-corrected chi connectivity index (χ2v) is 5.49. The lowest BCUT2D eigenvalue weighted by molar-refractivity contribution is -0.140. The van der Waals surface area contributed by atoms with Gasteiger partial charge in [0.1, 0.15) is 5.82 Å². The van der Waals surface area contributed by atoms with Crippen LogP contribution in [-0.2, 0) is 11.0 Å². The molecule has 1 aromatic carbocycles. The van der Waals surface area contributed by atoms with Gasteiger partial charge in [-0.3, -0.25) is 4.79 Å². The van der Waals surface area contributed by atoms with Gasteiger partial charge in [-0.15, -0.1) is 0 Å². The number of carbonyl (C=O) groups is 1. The number of benzene rings is 1. The van der Waals surface area contributed by atoms with Crippen LogP contribution >= 0.6 is 0 Å². The average Bonchev–Trinajstić information content (AvgIpc) is 2.40. The molecule has 3 nitrogen and oxygen atoms in total. The summed E-state index contributed by atoms with van der Waals surface area (Å²) < 4.78 is 51.1. The van der Waals surface area contributed by atoms with Crippen molar-refractivity contribution in [1.82, 2.24) is 5.32 Å². The number of amides is 1. The highest BCUT2D eigenvalue weighted by Gasteiger charge is 2.36. The van der Waals surface area contributed by atoms with Crippen molar-refractivity contribution in [3.63, 3.8) is 0 Å². The van der Waals surface area contributed by atoms with Crippen LogP contribution in [0.1, 0.15) is 25.3 Å². The maximum absolute atomic E-state index is 13.2. The van der Waals surface area contributed by atoms with Crippen molar-refractivity contribution < 1.29 is 22.4 Å². The third-order valence-electron chi connectivity index (χ3n) is 3.68. The molecular weight excluding hydrogens is 288 g/mol. The van der Waals surface area contributed by atoms with Crippen LogP contribution in [0.25, 0.3) is 0 Å². The predicted molar refractivity (Wildman–Crippen MR) is 70.2 cm³/mol. The van der Waals surface area contributed by atoms with Gasteiger partial charge in [0.25, 0.3) is 0 Å². The minimum Gasteiger partial charge on any atom is -0.326 e. The van der Waals surface area contributed by atoms with Gasteiger partial charge in [0, 0.05) is 12.2 Å². The molecule has 2 N–H and O–H groups in total. The van der Waals surface area contributed by atoms with E-state index in [9.17, 15) is 22.4 Å². The summed E-state index contributed by atoms with van der Waals surface area (Å²) in [5.41, 5.74) is -2.11. The molecule has 0 spiro atoms. The number of rotatable bonds is 2. The fourth-order valence-corrected chi connectivity index (χ4v) is 2.35. The monoisotopic (exact) mass is 304 g/mol. The maximum Gasteiger partial charge on any atom is 0.419 e. The highest BCUT2D eigenvalue weighted by molar-refractivity contribution is 5.95. The lowest BCUT2D eigenvalue weighted by Crippen LogP contribution is -2.46. The van der Waals surface area contributed by atoms with Crippen LogP contribution in [0, 0.1) is 11.2 Å². The SMILES string of the molecule is CC1(C(=O)Nc2ccc(F)c(C(F)(F)F)c2)CCCNC1. The number of hydrogen-bond donors (Lipinski definition) is 2. The number of anilines is 1. The molecule has 1 aliphatic rings. The molecule has 21 heavy (non-hydrogen) atoms. The van der Waals surface area contributed by atoms with Gasteiger partial charge >= 0.3 is 6.18 Å². The quantitative estimate of drug-likeness (QED) is 0.824. The average molecular weight is 304 g/mol. The van der Waals surface area contributed by atoms with Crippen LogP contribution in [0.2, 0.25) is 0 Å². The number of carbonyl (C=O) groups excluding carboxylic acids is 1. The van der Waals surface area contributed by atoms with Crippen molar-refractivity contribution in [2.24, 2.45) is 5.41 Å². The maximum atomic E-state index is 13.2. The summed E-state index contributed by atoms with van der Waals surface area (Å²) in [7, 11) is 0. The Kier molecular flexibility index (Phi) is 4.22. The van der Waals surface area contributed by atoms with Gasteiger partial charge in [0.15, 0.2) is 0 Å². The number of alkyl halides is 3. The van der Waals surface area contributed by atoms with E-state index < -0.39 is 23.0 Å². The first-order valence-corrected chi connectivity index (χ1v) is 6.61. The molecule has 0 bridgehead atoms. The molecule has 2 rings (SSSR count). The number of nitrogens with one attached hydrogen (secondary N) is 2. The first-order valence-electron chi connectivity index (χ1n) is 6.61. The molecule has 1 unspecified atom stereocenters. The van der Waals surface area contributed by atoms with Gasteiger partial charge in [0.05, 0.1) is 11.0 Å². The normalized spacial score (nSPS) is 22.9. The summed E-state index contributed by atoms with van der Waals surface area (Å²) in [5, 5.41) is 5.53. The summed E-state index contributed by atoms with van der Waals surface area (Å²) in [6.07, 6.45) is -3.32. The first-order chi connectivity index (χ1) is 9.72. The van der Waals surface area contributed by atoms with Crippen molar-refractivity contribution in [3.05, 3.63) is 29.6 Å². The lowest BCUT2D eigenvalue weighted by Gasteiger charge is -2.32. The van der Waals surface area contributed by atoms with E-state index in [0.717, 1.165) is 19.0 Å². The topological polar surface area (TPSA) is 41.1 Å². The van der Waals surface area contributed by atoms with Gasteiger partial charge < -0.3 is 10.6 Å². The Hall–Kier alpha value is -1.63. The summed E-state index contributed by atoms with van der Waals surface area (Å²) in [4.78, 5) is 12.2.